The smallest absolute Gasteiger partial charge is 0.225 e. The molecule has 0 radical (unpaired) electrons. The Hall–Kier alpha value is -2.10. The van der Waals surface area contributed by atoms with Crippen LogP contribution in [0.25, 0.3) is 0 Å². The molecule has 0 unspecified atom stereocenters. The zero-order chi connectivity index (χ0) is 17.8. The number of aromatic nitrogens is 2. The molecule has 1 N–H and O–H groups in total. The predicted molar refractivity (Wildman–Crippen MR) is 100 cm³/mol. The van der Waals surface area contributed by atoms with E-state index >= 15 is 0 Å². The molecule has 1 aromatic carbocycles. The fraction of sp³-hybridized carbons (Fsp3) is 0.524. The summed E-state index contributed by atoms with van der Waals surface area (Å²) in [7, 11) is 1.93. The fourth-order valence-corrected chi connectivity index (χ4v) is 4.06. The zero-order valence-electron chi connectivity index (χ0n) is 15.6. The van der Waals surface area contributed by atoms with Crippen molar-refractivity contribution in [1.29, 1.82) is 0 Å². The Morgan fingerprint density at radius 2 is 1.88 bits per heavy atom. The van der Waals surface area contributed by atoms with Crippen LogP contribution in [-0.4, -0.2) is 15.7 Å². The van der Waals surface area contributed by atoms with E-state index in [2.05, 4.69) is 34.7 Å². The molecule has 3 rings (SSSR count). The molecule has 0 aliphatic heterocycles. The molecule has 1 amide bonds. The number of hydrogen-bond donors (Lipinski definition) is 1. The van der Waals surface area contributed by atoms with Gasteiger partial charge in [0, 0.05) is 18.3 Å². The minimum Gasteiger partial charge on any atom is -0.349 e. The van der Waals surface area contributed by atoms with Crippen molar-refractivity contribution in [2.45, 2.75) is 58.4 Å². The Morgan fingerprint density at radius 3 is 2.48 bits per heavy atom. The van der Waals surface area contributed by atoms with Crippen molar-refractivity contribution >= 4 is 5.91 Å². The van der Waals surface area contributed by atoms with E-state index in [1.807, 2.05) is 31.6 Å². The van der Waals surface area contributed by atoms with Gasteiger partial charge in [0.15, 0.2) is 0 Å². The van der Waals surface area contributed by atoms with Crippen LogP contribution in [0.2, 0.25) is 0 Å². The minimum atomic E-state index is 0.0960. The van der Waals surface area contributed by atoms with Crippen LogP contribution in [0.15, 0.2) is 30.3 Å². The van der Waals surface area contributed by atoms with Crippen LogP contribution >= 0.6 is 0 Å². The largest absolute Gasteiger partial charge is 0.349 e. The standard InChI is InChI=1S/C21H29N3O/c1-15-19(16(2)24(3)23-15)14-20(25)22-21(17-10-6-4-7-11-17)18-12-8-5-9-13-18/h4,6-7,10-11,18,21H,5,8-9,12-14H2,1-3H3,(H,22,25)/t21-/m0/s1. The van der Waals surface area contributed by atoms with Gasteiger partial charge in [0.05, 0.1) is 18.2 Å². The number of aryl methyl sites for hydroxylation is 2. The maximum atomic E-state index is 12.8. The lowest BCUT2D eigenvalue weighted by molar-refractivity contribution is -0.121. The number of hydrogen-bond acceptors (Lipinski definition) is 2. The molecular weight excluding hydrogens is 310 g/mol. The van der Waals surface area contributed by atoms with Gasteiger partial charge in [-0.25, -0.2) is 0 Å². The highest BCUT2D eigenvalue weighted by atomic mass is 16.1. The van der Waals surface area contributed by atoms with Crippen LogP contribution in [0, 0.1) is 19.8 Å². The highest BCUT2D eigenvalue weighted by Crippen LogP contribution is 2.34. The molecule has 134 valence electrons. The summed E-state index contributed by atoms with van der Waals surface area (Å²) >= 11 is 0. The van der Waals surface area contributed by atoms with Gasteiger partial charge in [0.2, 0.25) is 5.91 Å². The number of benzene rings is 1. The first kappa shape index (κ1) is 17.7. The summed E-state index contributed by atoms with van der Waals surface area (Å²) in [4.78, 5) is 12.8. The summed E-state index contributed by atoms with van der Waals surface area (Å²) < 4.78 is 1.85. The Bertz CT molecular complexity index is 714. The average molecular weight is 339 g/mol. The van der Waals surface area contributed by atoms with E-state index in [1.165, 1.54) is 37.7 Å². The van der Waals surface area contributed by atoms with Crippen molar-refractivity contribution in [2.75, 3.05) is 0 Å². The molecule has 4 heteroatoms. The second kappa shape index (κ2) is 7.85. The summed E-state index contributed by atoms with van der Waals surface area (Å²) in [5.41, 5.74) is 4.29. The van der Waals surface area contributed by atoms with Crippen molar-refractivity contribution in [3.63, 3.8) is 0 Å². The minimum absolute atomic E-state index is 0.0960. The molecule has 1 aliphatic carbocycles. The number of amides is 1. The SMILES string of the molecule is Cc1nn(C)c(C)c1CC(=O)N[C@@H](c1ccccc1)C1CCCCC1. The summed E-state index contributed by atoms with van der Waals surface area (Å²) in [6.45, 7) is 4.00. The van der Waals surface area contributed by atoms with Gasteiger partial charge in [-0.05, 0) is 38.2 Å². The topological polar surface area (TPSA) is 46.9 Å². The summed E-state index contributed by atoms with van der Waals surface area (Å²) in [6, 6.07) is 10.6. The molecule has 2 aromatic rings. The number of carbonyl (C=O) groups is 1. The molecule has 1 aliphatic rings. The van der Waals surface area contributed by atoms with E-state index in [0.717, 1.165) is 17.0 Å². The van der Waals surface area contributed by atoms with E-state index in [1.54, 1.807) is 0 Å². The predicted octanol–water partition coefficient (Wildman–Crippen LogP) is 4.02. The molecule has 4 nitrogen and oxygen atoms in total. The molecule has 0 saturated heterocycles. The van der Waals surface area contributed by atoms with Crippen molar-refractivity contribution in [3.8, 4) is 0 Å². The van der Waals surface area contributed by atoms with Gasteiger partial charge in [-0.15, -0.1) is 0 Å². The molecule has 1 aromatic heterocycles. The number of carbonyl (C=O) groups excluding carboxylic acids is 1. The normalized spacial score (nSPS) is 16.6. The first-order chi connectivity index (χ1) is 12.1. The van der Waals surface area contributed by atoms with Gasteiger partial charge in [0.25, 0.3) is 0 Å². The Balaban J connectivity index is 1.76. The Labute approximate surface area is 150 Å². The second-order valence-electron chi connectivity index (χ2n) is 7.30. The Morgan fingerprint density at radius 1 is 1.20 bits per heavy atom. The van der Waals surface area contributed by atoms with Crippen molar-refractivity contribution in [1.82, 2.24) is 15.1 Å². The summed E-state index contributed by atoms with van der Waals surface area (Å²) in [6.07, 6.45) is 6.66. The number of rotatable bonds is 5. The van der Waals surface area contributed by atoms with Crippen LogP contribution in [0.1, 0.15) is 60.7 Å². The van der Waals surface area contributed by atoms with Crippen molar-refractivity contribution in [3.05, 3.63) is 52.8 Å². The van der Waals surface area contributed by atoms with Crippen molar-refractivity contribution in [2.24, 2.45) is 13.0 Å². The molecule has 1 fully saturated rings. The first-order valence-electron chi connectivity index (χ1n) is 9.39. The van der Waals surface area contributed by atoms with E-state index in [0.29, 0.717) is 12.3 Å². The maximum Gasteiger partial charge on any atom is 0.225 e. The van der Waals surface area contributed by atoms with Gasteiger partial charge < -0.3 is 5.32 Å². The lowest BCUT2D eigenvalue weighted by atomic mass is 9.81. The van der Waals surface area contributed by atoms with Crippen LogP contribution < -0.4 is 5.32 Å². The molecule has 0 spiro atoms. The second-order valence-corrected chi connectivity index (χ2v) is 7.30. The van der Waals surface area contributed by atoms with Gasteiger partial charge in [0.1, 0.15) is 0 Å². The van der Waals surface area contributed by atoms with Gasteiger partial charge in [-0.3, -0.25) is 9.48 Å². The summed E-state index contributed by atoms with van der Waals surface area (Å²) in [5, 5.41) is 7.77. The molecule has 25 heavy (non-hydrogen) atoms. The highest BCUT2D eigenvalue weighted by Gasteiger charge is 2.27. The monoisotopic (exact) mass is 339 g/mol. The third-order valence-electron chi connectivity index (χ3n) is 5.59. The van der Waals surface area contributed by atoms with Crippen LogP contribution in [0.4, 0.5) is 0 Å². The number of nitrogens with one attached hydrogen (secondary N) is 1. The van der Waals surface area contributed by atoms with Crippen molar-refractivity contribution < 1.29 is 4.79 Å². The van der Waals surface area contributed by atoms with E-state index < -0.39 is 0 Å². The highest BCUT2D eigenvalue weighted by molar-refractivity contribution is 5.79. The average Bonchev–Trinajstić information content (AvgIpc) is 2.87. The maximum absolute atomic E-state index is 12.8. The van der Waals surface area contributed by atoms with E-state index in [-0.39, 0.29) is 11.9 Å². The van der Waals surface area contributed by atoms with Crippen LogP contribution in [0.5, 0.6) is 0 Å². The first-order valence-corrected chi connectivity index (χ1v) is 9.39. The Kier molecular flexibility index (Phi) is 5.57. The quantitative estimate of drug-likeness (QED) is 0.894. The van der Waals surface area contributed by atoms with E-state index in [4.69, 9.17) is 0 Å². The summed E-state index contributed by atoms with van der Waals surface area (Å²) in [5.74, 6) is 0.634. The van der Waals surface area contributed by atoms with E-state index in [9.17, 15) is 4.79 Å². The van der Waals surface area contributed by atoms with Crippen LogP contribution in [0.3, 0.4) is 0 Å². The number of nitrogens with zero attached hydrogens (tertiary/aromatic N) is 2. The lowest BCUT2D eigenvalue weighted by Crippen LogP contribution is -2.35. The molecular formula is C21H29N3O. The third-order valence-corrected chi connectivity index (χ3v) is 5.59. The molecule has 0 bridgehead atoms. The van der Waals surface area contributed by atoms with Gasteiger partial charge >= 0.3 is 0 Å². The van der Waals surface area contributed by atoms with Crippen LogP contribution in [-0.2, 0) is 18.3 Å². The molecule has 1 heterocycles. The lowest BCUT2D eigenvalue weighted by Gasteiger charge is -2.31. The van der Waals surface area contributed by atoms with Gasteiger partial charge in [-0.2, -0.15) is 5.10 Å². The van der Waals surface area contributed by atoms with Gasteiger partial charge in [-0.1, -0.05) is 49.6 Å². The molecule has 1 atom stereocenters. The zero-order valence-corrected chi connectivity index (χ0v) is 15.6. The fourth-order valence-electron chi connectivity index (χ4n) is 4.06. The molecule has 1 saturated carbocycles. The third kappa shape index (κ3) is 4.12.